The van der Waals surface area contributed by atoms with Crippen LogP contribution in [-0.2, 0) is 4.79 Å². The first-order valence-corrected chi connectivity index (χ1v) is 5.89. The van der Waals surface area contributed by atoms with Crippen molar-refractivity contribution < 1.29 is 19.8 Å². The highest BCUT2D eigenvalue weighted by Gasteiger charge is 2.24. The number of carbonyl (C=O) groups is 2. The Balaban J connectivity index is 2.81. The van der Waals surface area contributed by atoms with Crippen molar-refractivity contribution in [3.8, 4) is 0 Å². The number of carbonyl (C=O) groups excluding carboxylic acids is 1. The maximum atomic E-state index is 11.9. The van der Waals surface area contributed by atoms with E-state index in [-0.39, 0.29) is 12.6 Å². The topological polar surface area (TPSA) is 89.9 Å². The van der Waals surface area contributed by atoms with E-state index in [4.69, 9.17) is 5.11 Å². The molecule has 0 radical (unpaired) electrons. The van der Waals surface area contributed by atoms with Gasteiger partial charge in [-0.15, -0.1) is 0 Å². The summed E-state index contributed by atoms with van der Waals surface area (Å²) in [5.74, 6) is -1.13. The molecule has 2 unspecified atom stereocenters. The highest BCUT2D eigenvalue weighted by molar-refractivity contribution is 5.83. The fourth-order valence-corrected chi connectivity index (χ4v) is 1.48. The van der Waals surface area contributed by atoms with Crippen LogP contribution in [0.15, 0.2) is 30.3 Å². The lowest BCUT2D eigenvalue weighted by Gasteiger charge is -2.25. The molecule has 19 heavy (non-hydrogen) atoms. The van der Waals surface area contributed by atoms with E-state index in [9.17, 15) is 14.7 Å². The number of aliphatic carboxylic acids is 1. The third-order valence-electron chi connectivity index (χ3n) is 2.89. The van der Waals surface area contributed by atoms with Crippen molar-refractivity contribution in [2.24, 2.45) is 0 Å². The van der Waals surface area contributed by atoms with Crippen LogP contribution in [0.2, 0.25) is 0 Å². The number of hydrogen-bond donors (Lipinski definition) is 3. The Labute approximate surface area is 111 Å². The summed E-state index contributed by atoms with van der Waals surface area (Å²) in [6.07, 6.45) is 0. The summed E-state index contributed by atoms with van der Waals surface area (Å²) in [4.78, 5) is 24.3. The minimum absolute atomic E-state index is 0.188. The zero-order valence-corrected chi connectivity index (χ0v) is 10.9. The lowest BCUT2D eigenvalue weighted by molar-refractivity contribution is -0.139. The molecule has 0 bridgehead atoms. The van der Waals surface area contributed by atoms with Gasteiger partial charge in [0.15, 0.2) is 6.04 Å². The Morgan fingerprint density at radius 2 is 1.89 bits per heavy atom. The molecule has 1 rings (SSSR count). The summed E-state index contributed by atoms with van der Waals surface area (Å²) in [5, 5.41) is 20.6. The molecule has 1 aromatic rings. The van der Waals surface area contributed by atoms with Gasteiger partial charge in [-0.05, 0) is 12.5 Å². The van der Waals surface area contributed by atoms with Gasteiger partial charge in [0.1, 0.15) is 0 Å². The fourth-order valence-electron chi connectivity index (χ4n) is 1.48. The van der Waals surface area contributed by atoms with Gasteiger partial charge in [-0.1, -0.05) is 30.3 Å². The Kier molecular flexibility index (Phi) is 5.32. The number of benzene rings is 1. The second kappa shape index (κ2) is 6.75. The van der Waals surface area contributed by atoms with Crippen LogP contribution in [-0.4, -0.2) is 46.8 Å². The van der Waals surface area contributed by atoms with Crippen molar-refractivity contribution in [1.29, 1.82) is 0 Å². The average molecular weight is 266 g/mol. The largest absolute Gasteiger partial charge is 0.479 e. The molecule has 0 saturated carbocycles. The summed E-state index contributed by atoms with van der Waals surface area (Å²) in [6, 6.07) is 6.41. The molecular formula is C13H18N2O4. The number of amides is 2. The van der Waals surface area contributed by atoms with Crippen LogP contribution >= 0.6 is 0 Å². The van der Waals surface area contributed by atoms with E-state index >= 15 is 0 Å². The molecule has 0 aliphatic heterocycles. The molecular weight excluding hydrogens is 248 g/mol. The molecule has 1 aromatic carbocycles. The number of nitrogens with one attached hydrogen (secondary N) is 1. The first-order valence-electron chi connectivity index (χ1n) is 5.89. The molecule has 0 saturated heterocycles. The van der Waals surface area contributed by atoms with Crippen LogP contribution in [0.25, 0.3) is 0 Å². The standard InChI is InChI=1S/C13H18N2O4/c1-9(8-16)15(2)13(19)14-11(12(17)18)10-6-4-3-5-7-10/h3-7,9,11,16H,8H2,1-2H3,(H,14,19)(H,17,18). The van der Waals surface area contributed by atoms with Gasteiger partial charge in [-0.3, -0.25) is 0 Å². The molecule has 0 aromatic heterocycles. The number of carboxylic acid groups (broad SMARTS) is 1. The summed E-state index contributed by atoms with van der Waals surface area (Å²) in [7, 11) is 1.50. The smallest absolute Gasteiger partial charge is 0.330 e. The Morgan fingerprint density at radius 3 is 2.37 bits per heavy atom. The predicted molar refractivity (Wildman–Crippen MR) is 69.7 cm³/mol. The van der Waals surface area contributed by atoms with Crippen LogP contribution in [0.4, 0.5) is 4.79 Å². The number of urea groups is 1. The van der Waals surface area contributed by atoms with Gasteiger partial charge in [0, 0.05) is 7.05 Å². The van der Waals surface area contributed by atoms with Crippen LogP contribution in [0.5, 0.6) is 0 Å². The van der Waals surface area contributed by atoms with Crippen LogP contribution in [0, 0.1) is 0 Å². The van der Waals surface area contributed by atoms with Crippen molar-refractivity contribution in [3.63, 3.8) is 0 Å². The van der Waals surface area contributed by atoms with E-state index in [1.54, 1.807) is 37.3 Å². The van der Waals surface area contributed by atoms with E-state index in [0.29, 0.717) is 5.56 Å². The second-order valence-electron chi connectivity index (χ2n) is 4.27. The summed E-state index contributed by atoms with van der Waals surface area (Å²) >= 11 is 0. The first-order chi connectivity index (χ1) is 8.97. The van der Waals surface area contributed by atoms with Gasteiger partial charge in [0.2, 0.25) is 0 Å². The summed E-state index contributed by atoms with van der Waals surface area (Å²) in [5.41, 5.74) is 0.494. The quantitative estimate of drug-likeness (QED) is 0.736. The maximum Gasteiger partial charge on any atom is 0.330 e. The molecule has 3 N–H and O–H groups in total. The molecule has 2 atom stereocenters. The van der Waals surface area contributed by atoms with Gasteiger partial charge in [0.25, 0.3) is 0 Å². The lowest BCUT2D eigenvalue weighted by Crippen LogP contribution is -2.46. The molecule has 6 nitrogen and oxygen atoms in total. The highest BCUT2D eigenvalue weighted by Crippen LogP contribution is 2.13. The average Bonchev–Trinajstić information content (AvgIpc) is 2.43. The van der Waals surface area contributed by atoms with Crippen molar-refractivity contribution in [3.05, 3.63) is 35.9 Å². The molecule has 0 aliphatic rings. The van der Waals surface area contributed by atoms with Crippen molar-refractivity contribution >= 4 is 12.0 Å². The number of nitrogens with zero attached hydrogens (tertiary/aromatic N) is 1. The maximum absolute atomic E-state index is 11.9. The zero-order valence-electron chi connectivity index (χ0n) is 10.9. The summed E-state index contributed by atoms with van der Waals surface area (Å²) in [6.45, 7) is 1.48. The first kappa shape index (κ1) is 15.0. The number of likely N-dealkylation sites (N-methyl/N-ethyl adjacent to an activating group) is 1. The molecule has 104 valence electrons. The molecule has 6 heteroatoms. The molecule has 0 fully saturated rings. The third-order valence-corrected chi connectivity index (χ3v) is 2.89. The third kappa shape index (κ3) is 3.96. The van der Waals surface area contributed by atoms with E-state index in [1.807, 2.05) is 0 Å². The molecule has 2 amide bonds. The normalized spacial score (nSPS) is 13.4. The Bertz CT molecular complexity index is 436. The SMILES string of the molecule is CC(CO)N(C)C(=O)NC(C(=O)O)c1ccccc1. The molecule has 0 spiro atoms. The summed E-state index contributed by atoms with van der Waals surface area (Å²) < 4.78 is 0. The van der Waals surface area contributed by atoms with Gasteiger partial charge in [0.05, 0.1) is 12.6 Å². The number of aliphatic hydroxyl groups is 1. The van der Waals surface area contributed by atoms with E-state index in [1.165, 1.54) is 11.9 Å². The Morgan fingerprint density at radius 1 is 1.32 bits per heavy atom. The number of carboxylic acids is 1. The lowest BCUT2D eigenvalue weighted by atomic mass is 10.1. The number of hydrogen-bond acceptors (Lipinski definition) is 3. The van der Waals surface area contributed by atoms with E-state index in [0.717, 1.165) is 0 Å². The minimum Gasteiger partial charge on any atom is -0.479 e. The molecule has 0 aliphatic carbocycles. The molecule has 0 heterocycles. The van der Waals surface area contributed by atoms with Gasteiger partial charge in [-0.2, -0.15) is 0 Å². The zero-order chi connectivity index (χ0) is 14.4. The van der Waals surface area contributed by atoms with Crippen molar-refractivity contribution in [2.75, 3.05) is 13.7 Å². The predicted octanol–water partition coefficient (Wildman–Crippen LogP) is 0.834. The van der Waals surface area contributed by atoms with Crippen molar-refractivity contribution in [2.45, 2.75) is 19.0 Å². The monoisotopic (exact) mass is 266 g/mol. The minimum atomic E-state index is -1.13. The van der Waals surface area contributed by atoms with Crippen LogP contribution in [0.1, 0.15) is 18.5 Å². The van der Waals surface area contributed by atoms with E-state index in [2.05, 4.69) is 5.32 Å². The fraction of sp³-hybridized carbons (Fsp3) is 0.385. The van der Waals surface area contributed by atoms with Crippen molar-refractivity contribution in [1.82, 2.24) is 10.2 Å². The van der Waals surface area contributed by atoms with Crippen LogP contribution in [0.3, 0.4) is 0 Å². The second-order valence-corrected chi connectivity index (χ2v) is 4.27. The number of aliphatic hydroxyl groups excluding tert-OH is 1. The highest BCUT2D eigenvalue weighted by atomic mass is 16.4. The van der Waals surface area contributed by atoms with Gasteiger partial charge >= 0.3 is 12.0 Å². The van der Waals surface area contributed by atoms with Crippen LogP contribution < -0.4 is 5.32 Å². The van der Waals surface area contributed by atoms with E-state index < -0.39 is 18.0 Å². The number of rotatable bonds is 5. The Hall–Kier alpha value is -2.08. The van der Waals surface area contributed by atoms with Gasteiger partial charge < -0.3 is 20.4 Å². The van der Waals surface area contributed by atoms with Gasteiger partial charge in [-0.25, -0.2) is 9.59 Å².